The molecule has 0 fully saturated rings. The SMILES string of the molecule is CCOc1ccc(C2=N[C@@H](c3ccc(F)c(Br)c3)N[C@H](c3cc(Cl)ccc3O)C2)cc1. The van der Waals surface area contributed by atoms with E-state index in [1.165, 1.54) is 6.07 Å². The third-order valence-corrected chi connectivity index (χ3v) is 6.01. The number of aliphatic imine (C=N–C) groups is 1. The smallest absolute Gasteiger partial charge is 0.137 e. The summed E-state index contributed by atoms with van der Waals surface area (Å²) in [5, 5.41) is 14.5. The van der Waals surface area contributed by atoms with Gasteiger partial charge >= 0.3 is 0 Å². The van der Waals surface area contributed by atoms with Gasteiger partial charge in [-0.05, 0) is 88.6 Å². The number of hydrogen-bond donors (Lipinski definition) is 2. The third-order valence-electron chi connectivity index (χ3n) is 5.16. The number of ether oxygens (including phenoxy) is 1. The second kappa shape index (κ2) is 9.39. The van der Waals surface area contributed by atoms with E-state index in [4.69, 9.17) is 21.3 Å². The first kappa shape index (κ1) is 21.8. The number of rotatable bonds is 5. The summed E-state index contributed by atoms with van der Waals surface area (Å²) in [4.78, 5) is 4.90. The van der Waals surface area contributed by atoms with E-state index in [9.17, 15) is 9.50 Å². The van der Waals surface area contributed by atoms with Crippen molar-refractivity contribution >= 4 is 33.2 Å². The van der Waals surface area contributed by atoms with Crippen LogP contribution in [0.3, 0.4) is 0 Å². The maximum atomic E-state index is 13.8. The molecule has 0 unspecified atom stereocenters. The minimum atomic E-state index is -0.421. The monoisotopic (exact) mass is 502 g/mol. The number of nitrogens with zero attached hydrogens (tertiary/aromatic N) is 1. The summed E-state index contributed by atoms with van der Waals surface area (Å²) in [5.41, 5.74) is 3.33. The highest BCUT2D eigenvalue weighted by Crippen LogP contribution is 2.36. The van der Waals surface area contributed by atoms with E-state index < -0.39 is 6.17 Å². The minimum Gasteiger partial charge on any atom is -0.508 e. The van der Waals surface area contributed by atoms with Crippen molar-refractivity contribution in [3.05, 3.63) is 92.7 Å². The first-order valence-electron chi connectivity index (χ1n) is 9.94. The van der Waals surface area contributed by atoms with Crippen molar-refractivity contribution in [2.75, 3.05) is 6.61 Å². The highest BCUT2D eigenvalue weighted by molar-refractivity contribution is 9.10. The van der Waals surface area contributed by atoms with E-state index in [0.29, 0.717) is 28.1 Å². The van der Waals surface area contributed by atoms with Gasteiger partial charge in [0.2, 0.25) is 0 Å². The summed E-state index contributed by atoms with van der Waals surface area (Å²) in [6, 6.07) is 17.4. The van der Waals surface area contributed by atoms with Gasteiger partial charge in [0.15, 0.2) is 0 Å². The molecule has 0 radical (unpaired) electrons. The van der Waals surface area contributed by atoms with Crippen molar-refractivity contribution < 1.29 is 14.2 Å². The van der Waals surface area contributed by atoms with Crippen molar-refractivity contribution in [1.29, 1.82) is 0 Å². The predicted octanol–water partition coefficient (Wildman–Crippen LogP) is 6.57. The molecular weight excluding hydrogens is 483 g/mol. The Morgan fingerprint density at radius 2 is 1.94 bits per heavy atom. The molecule has 2 atom stereocenters. The number of phenols is 1. The van der Waals surface area contributed by atoms with Crippen molar-refractivity contribution in [3.8, 4) is 11.5 Å². The van der Waals surface area contributed by atoms with Crippen LogP contribution in [-0.2, 0) is 0 Å². The van der Waals surface area contributed by atoms with E-state index in [-0.39, 0.29) is 17.6 Å². The van der Waals surface area contributed by atoms with Crippen LogP contribution in [-0.4, -0.2) is 17.4 Å². The molecule has 0 amide bonds. The highest BCUT2D eigenvalue weighted by Gasteiger charge is 2.28. The van der Waals surface area contributed by atoms with Gasteiger partial charge in [0.25, 0.3) is 0 Å². The second-order valence-electron chi connectivity index (χ2n) is 7.24. The van der Waals surface area contributed by atoms with E-state index in [1.54, 1.807) is 30.3 Å². The highest BCUT2D eigenvalue weighted by atomic mass is 79.9. The van der Waals surface area contributed by atoms with Crippen LogP contribution in [0.4, 0.5) is 4.39 Å². The molecular formula is C24H21BrClFN2O2. The van der Waals surface area contributed by atoms with Gasteiger partial charge in [-0.3, -0.25) is 10.3 Å². The quantitative estimate of drug-likeness (QED) is 0.414. The molecule has 31 heavy (non-hydrogen) atoms. The molecule has 4 nitrogen and oxygen atoms in total. The summed E-state index contributed by atoms with van der Waals surface area (Å²) in [6.07, 6.45) is 0.136. The Morgan fingerprint density at radius 3 is 2.65 bits per heavy atom. The van der Waals surface area contributed by atoms with Gasteiger partial charge in [0, 0.05) is 28.8 Å². The average molecular weight is 504 g/mol. The fourth-order valence-electron chi connectivity index (χ4n) is 3.65. The summed E-state index contributed by atoms with van der Waals surface area (Å²) in [7, 11) is 0. The zero-order chi connectivity index (χ0) is 22.0. The van der Waals surface area contributed by atoms with Crippen LogP contribution < -0.4 is 10.1 Å². The van der Waals surface area contributed by atoms with E-state index in [1.807, 2.05) is 31.2 Å². The Kier molecular flexibility index (Phi) is 6.60. The maximum Gasteiger partial charge on any atom is 0.137 e. The fraction of sp³-hybridized carbons (Fsp3) is 0.208. The summed E-state index contributed by atoms with van der Waals surface area (Å²) in [5.74, 6) is 0.622. The molecule has 0 spiro atoms. The molecule has 160 valence electrons. The lowest BCUT2D eigenvalue weighted by Gasteiger charge is -2.31. The summed E-state index contributed by atoms with van der Waals surface area (Å²) in [6.45, 7) is 2.54. The fourth-order valence-corrected chi connectivity index (χ4v) is 4.23. The Hall–Kier alpha value is -2.41. The molecule has 1 aliphatic rings. The van der Waals surface area contributed by atoms with Gasteiger partial charge in [0.05, 0.1) is 11.1 Å². The van der Waals surface area contributed by atoms with Crippen molar-refractivity contribution in [3.63, 3.8) is 0 Å². The summed E-state index contributed by atoms with van der Waals surface area (Å²) >= 11 is 9.45. The zero-order valence-corrected chi connectivity index (χ0v) is 19.1. The maximum absolute atomic E-state index is 13.8. The minimum absolute atomic E-state index is 0.161. The molecule has 0 saturated carbocycles. The first-order chi connectivity index (χ1) is 14.9. The molecule has 4 rings (SSSR count). The molecule has 1 aliphatic heterocycles. The Labute approximate surface area is 193 Å². The number of phenolic OH excluding ortho intramolecular Hbond substituents is 1. The van der Waals surface area contributed by atoms with Crippen molar-refractivity contribution in [2.45, 2.75) is 25.6 Å². The van der Waals surface area contributed by atoms with Crippen LogP contribution in [0, 0.1) is 5.82 Å². The predicted molar refractivity (Wildman–Crippen MR) is 125 cm³/mol. The van der Waals surface area contributed by atoms with Crippen LogP contribution in [0.25, 0.3) is 0 Å². The molecule has 0 aliphatic carbocycles. The number of halogens is 3. The lowest BCUT2D eigenvalue weighted by molar-refractivity contribution is 0.340. The van der Waals surface area contributed by atoms with E-state index >= 15 is 0 Å². The number of aromatic hydroxyl groups is 1. The van der Waals surface area contributed by atoms with E-state index in [0.717, 1.165) is 22.6 Å². The van der Waals surface area contributed by atoms with Gasteiger partial charge in [0.1, 0.15) is 23.5 Å². The van der Waals surface area contributed by atoms with Crippen LogP contribution in [0.1, 0.15) is 42.2 Å². The third kappa shape index (κ3) is 4.92. The van der Waals surface area contributed by atoms with Crippen LogP contribution >= 0.6 is 27.5 Å². The lowest BCUT2D eigenvalue weighted by Crippen LogP contribution is -2.33. The summed E-state index contributed by atoms with van der Waals surface area (Å²) < 4.78 is 19.7. The number of nitrogens with one attached hydrogen (secondary N) is 1. The van der Waals surface area contributed by atoms with Gasteiger partial charge in [-0.15, -0.1) is 0 Å². The molecule has 0 bridgehead atoms. The second-order valence-corrected chi connectivity index (χ2v) is 8.53. The lowest BCUT2D eigenvalue weighted by atomic mass is 9.93. The van der Waals surface area contributed by atoms with Gasteiger partial charge in [-0.25, -0.2) is 4.39 Å². The van der Waals surface area contributed by atoms with Crippen LogP contribution in [0.15, 0.2) is 70.1 Å². The number of hydrogen-bond acceptors (Lipinski definition) is 4. The Morgan fingerprint density at radius 1 is 1.16 bits per heavy atom. The molecule has 7 heteroatoms. The topological polar surface area (TPSA) is 53.8 Å². The van der Waals surface area contributed by atoms with Crippen molar-refractivity contribution in [1.82, 2.24) is 5.32 Å². The van der Waals surface area contributed by atoms with Gasteiger partial charge in [-0.2, -0.15) is 0 Å². The number of benzene rings is 3. The molecule has 1 heterocycles. The standard InChI is InChI=1S/C24H21BrClFN2O2/c1-2-31-17-7-3-14(4-8-17)21-13-22(18-12-16(26)6-10-23(18)30)29-24(28-21)15-5-9-20(27)19(25)11-15/h3-12,22,24,29-30H,2,13H2,1H3/t22-,24+/m0/s1. The molecule has 3 aromatic carbocycles. The Bertz CT molecular complexity index is 1120. The van der Waals surface area contributed by atoms with Crippen LogP contribution in [0.5, 0.6) is 11.5 Å². The molecule has 0 aromatic heterocycles. The first-order valence-corrected chi connectivity index (χ1v) is 11.1. The average Bonchev–Trinajstić information content (AvgIpc) is 2.78. The molecule has 3 aromatic rings. The Balaban J connectivity index is 1.74. The van der Waals surface area contributed by atoms with E-state index in [2.05, 4.69) is 21.2 Å². The van der Waals surface area contributed by atoms with Gasteiger partial charge in [-0.1, -0.05) is 17.7 Å². The zero-order valence-electron chi connectivity index (χ0n) is 16.8. The largest absolute Gasteiger partial charge is 0.508 e. The molecule has 0 saturated heterocycles. The molecule has 2 N–H and O–H groups in total. The van der Waals surface area contributed by atoms with Gasteiger partial charge < -0.3 is 9.84 Å². The normalized spacial score (nSPS) is 18.5. The van der Waals surface area contributed by atoms with Crippen LogP contribution in [0.2, 0.25) is 5.02 Å². The van der Waals surface area contributed by atoms with Crippen molar-refractivity contribution in [2.24, 2.45) is 4.99 Å².